The third-order valence-corrected chi connectivity index (χ3v) is 4.15. The molecule has 1 rings (SSSR count). The molecule has 0 heterocycles. The predicted octanol–water partition coefficient (Wildman–Crippen LogP) is 1.86. The number of hydrogen-bond donors (Lipinski definition) is 2. The zero-order valence-corrected chi connectivity index (χ0v) is 12.0. The highest BCUT2D eigenvalue weighted by molar-refractivity contribution is 7.89. The van der Waals surface area contributed by atoms with Gasteiger partial charge < -0.3 is 5.11 Å². The molecule has 0 aliphatic heterocycles. The van der Waals surface area contributed by atoms with Gasteiger partial charge in [0, 0.05) is 6.54 Å². The summed E-state index contributed by atoms with van der Waals surface area (Å²) in [5.74, 6) is -1.14. The van der Waals surface area contributed by atoms with Gasteiger partial charge in [-0.2, -0.15) is 0 Å². The van der Waals surface area contributed by atoms with Gasteiger partial charge in [-0.25, -0.2) is 17.9 Å². The zero-order chi connectivity index (χ0) is 14.8. The van der Waals surface area contributed by atoms with Gasteiger partial charge in [0.15, 0.2) is 0 Å². The Labute approximate surface area is 113 Å². The second-order valence-electron chi connectivity index (χ2n) is 4.52. The van der Waals surface area contributed by atoms with Crippen LogP contribution in [0.15, 0.2) is 29.2 Å². The maximum absolute atomic E-state index is 12.1. The summed E-state index contributed by atoms with van der Waals surface area (Å²) in [5.41, 5.74) is 1.70. The third kappa shape index (κ3) is 3.65. The fourth-order valence-corrected chi connectivity index (χ4v) is 3.00. The molecule has 2 N–H and O–H groups in total. The Kier molecular flexibility index (Phi) is 4.49. The van der Waals surface area contributed by atoms with Crippen LogP contribution in [-0.2, 0) is 10.0 Å². The number of aryl methyl sites for hydroxylation is 2. The first-order valence-electron chi connectivity index (χ1n) is 5.63. The number of carbonyl (C=O) groups is 1. The van der Waals surface area contributed by atoms with Gasteiger partial charge in [-0.3, -0.25) is 0 Å². The highest BCUT2D eigenvalue weighted by Crippen LogP contribution is 2.20. The van der Waals surface area contributed by atoms with Gasteiger partial charge in [-0.1, -0.05) is 18.2 Å². The standard InChI is InChI=1S/C13H17NO4S/c1-8(2)7-14-19(17,18)12-6-11(13(15)16)9(3)5-10(12)4/h5-6,14H,1,7H2,2-4H3,(H,15,16). The molecule has 0 aliphatic rings. The van der Waals surface area contributed by atoms with Crippen molar-refractivity contribution in [1.29, 1.82) is 0 Å². The van der Waals surface area contributed by atoms with Crippen LogP contribution < -0.4 is 4.72 Å². The van der Waals surface area contributed by atoms with E-state index in [1.165, 1.54) is 6.07 Å². The number of benzene rings is 1. The van der Waals surface area contributed by atoms with E-state index in [-0.39, 0.29) is 17.0 Å². The van der Waals surface area contributed by atoms with E-state index in [1.807, 2.05) is 0 Å². The van der Waals surface area contributed by atoms with Crippen LogP contribution in [0.3, 0.4) is 0 Å². The Morgan fingerprint density at radius 3 is 2.37 bits per heavy atom. The van der Waals surface area contributed by atoms with E-state index < -0.39 is 16.0 Å². The number of sulfonamides is 1. The first kappa shape index (κ1) is 15.4. The second kappa shape index (κ2) is 5.54. The maximum Gasteiger partial charge on any atom is 0.335 e. The lowest BCUT2D eigenvalue weighted by atomic mass is 10.1. The van der Waals surface area contributed by atoms with Gasteiger partial charge >= 0.3 is 5.97 Å². The Bertz CT molecular complexity index is 632. The molecule has 19 heavy (non-hydrogen) atoms. The maximum atomic E-state index is 12.1. The van der Waals surface area contributed by atoms with Crippen LogP contribution in [-0.4, -0.2) is 26.0 Å². The number of carboxylic acids is 1. The number of rotatable bonds is 5. The van der Waals surface area contributed by atoms with E-state index in [0.29, 0.717) is 16.7 Å². The Morgan fingerprint density at radius 2 is 1.89 bits per heavy atom. The van der Waals surface area contributed by atoms with Gasteiger partial charge in [-0.05, 0) is 38.0 Å². The molecule has 0 saturated carbocycles. The molecule has 1 aromatic carbocycles. The summed E-state index contributed by atoms with van der Waals surface area (Å²) in [7, 11) is -3.73. The molecule has 0 bridgehead atoms. The molecule has 0 saturated heterocycles. The largest absolute Gasteiger partial charge is 0.478 e. The minimum Gasteiger partial charge on any atom is -0.478 e. The van der Waals surface area contributed by atoms with Crippen LogP contribution in [0, 0.1) is 13.8 Å². The summed E-state index contributed by atoms with van der Waals surface area (Å²) in [6, 6.07) is 2.74. The number of carboxylic acid groups (broad SMARTS) is 1. The number of nitrogens with one attached hydrogen (secondary N) is 1. The molecule has 6 heteroatoms. The average molecular weight is 283 g/mol. The fourth-order valence-electron chi connectivity index (χ4n) is 1.65. The van der Waals surface area contributed by atoms with E-state index in [0.717, 1.165) is 0 Å². The quantitative estimate of drug-likeness (QED) is 0.808. The second-order valence-corrected chi connectivity index (χ2v) is 6.25. The molecule has 0 unspecified atom stereocenters. The minimum absolute atomic E-state index is 0.0127. The smallest absolute Gasteiger partial charge is 0.335 e. The van der Waals surface area contributed by atoms with Crippen molar-refractivity contribution in [3.63, 3.8) is 0 Å². The van der Waals surface area contributed by atoms with Crippen LogP contribution in [0.5, 0.6) is 0 Å². The van der Waals surface area contributed by atoms with Crippen LogP contribution in [0.1, 0.15) is 28.4 Å². The summed E-state index contributed by atoms with van der Waals surface area (Å²) >= 11 is 0. The Hall–Kier alpha value is -1.66. The van der Waals surface area contributed by atoms with Crippen molar-refractivity contribution in [2.24, 2.45) is 0 Å². The summed E-state index contributed by atoms with van der Waals surface area (Å²) in [5, 5.41) is 9.04. The topological polar surface area (TPSA) is 83.5 Å². The predicted molar refractivity (Wildman–Crippen MR) is 72.9 cm³/mol. The van der Waals surface area contributed by atoms with Crippen molar-refractivity contribution in [3.8, 4) is 0 Å². The molecule has 0 amide bonds. The van der Waals surface area contributed by atoms with E-state index in [2.05, 4.69) is 11.3 Å². The SMILES string of the molecule is C=C(C)CNS(=O)(=O)c1cc(C(=O)O)c(C)cc1C. The zero-order valence-electron chi connectivity index (χ0n) is 11.1. The van der Waals surface area contributed by atoms with Crippen molar-refractivity contribution in [2.75, 3.05) is 6.54 Å². The Morgan fingerprint density at radius 1 is 1.32 bits per heavy atom. The molecule has 0 radical (unpaired) electrons. The van der Waals surface area contributed by atoms with E-state index in [1.54, 1.807) is 26.8 Å². The summed E-state index contributed by atoms with van der Waals surface area (Å²) in [6.07, 6.45) is 0. The van der Waals surface area contributed by atoms with E-state index in [9.17, 15) is 13.2 Å². The molecule has 1 aromatic rings. The Balaban J connectivity index is 3.30. The van der Waals surface area contributed by atoms with Crippen LogP contribution >= 0.6 is 0 Å². The first-order chi connectivity index (χ1) is 8.65. The molecule has 104 valence electrons. The average Bonchev–Trinajstić information content (AvgIpc) is 2.25. The van der Waals surface area contributed by atoms with Gasteiger partial charge in [0.1, 0.15) is 0 Å². The minimum atomic E-state index is -3.73. The highest BCUT2D eigenvalue weighted by Gasteiger charge is 2.20. The van der Waals surface area contributed by atoms with Crippen molar-refractivity contribution in [2.45, 2.75) is 25.7 Å². The first-order valence-corrected chi connectivity index (χ1v) is 7.12. The molecule has 0 atom stereocenters. The van der Waals surface area contributed by atoms with E-state index >= 15 is 0 Å². The molecule has 0 spiro atoms. The third-order valence-electron chi connectivity index (χ3n) is 2.61. The summed E-state index contributed by atoms with van der Waals surface area (Å²) < 4.78 is 26.6. The van der Waals surface area contributed by atoms with Gasteiger partial charge in [0.25, 0.3) is 0 Å². The lowest BCUT2D eigenvalue weighted by Crippen LogP contribution is -2.26. The van der Waals surface area contributed by atoms with Crippen molar-refractivity contribution in [1.82, 2.24) is 4.72 Å². The number of hydrogen-bond acceptors (Lipinski definition) is 3. The molecule has 0 aliphatic carbocycles. The fraction of sp³-hybridized carbons (Fsp3) is 0.308. The van der Waals surface area contributed by atoms with Gasteiger partial charge in [0.05, 0.1) is 10.5 Å². The monoisotopic (exact) mass is 283 g/mol. The summed E-state index contributed by atoms with van der Waals surface area (Å²) in [6.45, 7) is 8.70. The summed E-state index contributed by atoms with van der Waals surface area (Å²) in [4.78, 5) is 11.0. The lowest BCUT2D eigenvalue weighted by Gasteiger charge is -2.11. The van der Waals surface area contributed by atoms with Crippen molar-refractivity contribution >= 4 is 16.0 Å². The van der Waals surface area contributed by atoms with Gasteiger partial charge in [0.2, 0.25) is 10.0 Å². The van der Waals surface area contributed by atoms with Gasteiger partial charge in [-0.15, -0.1) is 0 Å². The normalized spacial score (nSPS) is 11.3. The molecule has 0 fully saturated rings. The van der Waals surface area contributed by atoms with E-state index in [4.69, 9.17) is 5.11 Å². The van der Waals surface area contributed by atoms with Crippen LogP contribution in [0.4, 0.5) is 0 Å². The lowest BCUT2D eigenvalue weighted by molar-refractivity contribution is 0.0696. The van der Waals surface area contributed by atoms with Crippen LogP contribution in [0.2, 0.25) is 0 Å². The van der Waals surface area contributed by atoms with Crippen molar-refractivity contribution < 1.29 is 18.3 Å². The molecule has 0 aromatic heterocycles. The highest BCUT2D eigenvalue weighted by atomic mass is 32.2. The number of aromatic carboxylic acids is 1. The molecular formula is C13H17NO4S. The molecular weight excluding hydrogens is 266 g/mol. The van der Waals surface area contributed by atoms with Crippen LogP contribution in [0.25, 0.3) is 0 Å². The van der Waals surface area contributed by atoms with Crippen molar-refractivity contribution in [3.05, 3.63) is 41.0 Å². The molecule has 5 nitrogen and oxygen atoms in total.